The highest BCUT2D eigenvalue weighted by atomic mass is 19.1. The average Bonchev–Trinajstić information content (AvgIpc) is 2.29. The molecule has 0 spiro atoms. The quantitative estimate of drug-likeness (QED) is 0.793. The Morgan fingerprint density at radius 3 is 2.81 bits per heavy atom. The average molecular weight is 223 g/mol. The van der Waals surface area contributed by atoms with E-state index in [-0.39, 0.29) is 10.1 Å². The highest BCUT2D eigenvalue weighted by molar-refractivity contribution is 5.77. The van der Waals surface area contributed by atoms with Gasteiger partial charge in [0.1, 0.15) is 5.52 Å². The van der Waals surface area contributed by atoms with Crippen LogP contribution < -0.4 is 5.56 Å². The summed E-state index contributed by atoms with van der Waals surface area (Å²) >= 11 is 0. The van der Waals surface area contributed by atoms with Crippen LogP contribution in [0.3, 0.4) is 0 Å². The van der Waals surface area contributed by atoms with Crippen molar-refractivity contribution in [2.75, 3.05) is 0 Å². The monoisotopic (exact) mass is 223 g/mol. The van der Waals surface area contributed by atoms with Crippen molar-refractivity contribution in [1.29, 1.82) is 0 Å². The summed E-state index contributed by atoms with van der Waals surface area (Å²) in [6.07, 6.45) is -2.52. The molecule has 0 aliphatic carbocycles. The molecule has 2 rings (SSSR count). The van der Waals surface area contributed by atoms with Crippen molar-refractivity contribution in [3.8, 4) is 0 Å². The van der Waals surface area contributed by atoms with Crippen molar-refractivity contribution < 1.29 is 14.3 Å². The minimum absolute atomic E-state index is 0.126. The normalized spacial score (nSPS) is 12.6. The van der Waals surface area contributed by atoms with Crippen LogP contribution in [0.15, 0.2) is 29.1 Å². The summed E-state index contributed by atoms with van der Waals surface area (Å²) in [6.45, 7) is 0. The third-order valence-electron chi connectivity index (χ3n) is 2.01. The molecule has 0 aliphatic rings. The summed E-state index contributed by atoms with van der Waals surface area (Å²) in [4.78, 5) is 22.0. The first-order valence-electron chi connectivity index (χ1n) is 4.32. The van der Waals surface area contributed by atoms with Gasteiger partial charge in [-0.1, -0.05) is 17.3 Å². The lowest BCUT2D eigenvalue weighted by Gasteiger charge is -2.05. The number of carboxylic acids is 1. The molecule has 2 aromatic rings. The van der Waals surface area contributed by atoms with Gasteiger partial charge in [0.2, 0.25) is 0 Å². The number of aromatic nitrogens is 3. The number of fused-ring (bicyclic) bond motifs is 1. The Bertz CT molecular complexity index is 610. The van der Waals surface area contributed by atoms with Crippen LogP contribution in [0.2, 0.25) is 0 Å². The van der Waals surface area contributed by atoms with Crippen molar-refractivity contribution in [1.82, 2.24) is 15.0 Å². The third-order valence-corrected chi connectivity index (χ3v) is 2.01. The lowest BCUT2D eigenvalue weighted by Crippen LogP contribution is -2.30. The summed E-state index contributed by atoms with van der Waals surface area (Å²) < 4.78 is 13.3. The maximum Gasteiger partial charge on any atom is 0.361 e. The van der Waals surface area contributed by atoms with Crippen LogP contribution in [0.1, 0.15) is 6.30 Å². The van der Waals surface area contributed by atoms with Crippen LogP contribution in [0.5, 0.6) is 0 Å². The fraction of sp³-hybridized carbons (Fsp3) is 0.111. The zero-order valence-corrected chi connectivity index (χ0v) is 7.87. The smallest absolute Gasteiger partial charge is 0.361 e. The maximum absolute atomic E-state index is 13.1. The minimum atomic E-state index is -2.52. The van der Waals surface area contributed by atoms with Gasteiger partial charge >= 0.3 is 5.97 Å². The highest BCUT2D eigenvalue weighted by Gasteiger charge is 2.21. The van der Waals surface area contributed by atoms with E-state index in [0.717, 1.165) is 0 Å². The van der Waals surface area contributed by atoms with E-state index < -0.39 is 17.8 Å². The Hall–Kier alpha value is -2.31. The number of hydrogen-bond acceptors (Lipinski definition) is 4. The zero-order valence-electron chi connectivity index (χ0n) is 7.87. The Morgan fingerprint density at radius 1 is 1.44 bits per heavy atom. The van der Waals surface area contributed by atoms with E-state index in [1.807, 2.05) is 0 Å². The molecule has 1 unspecified atom stereocenters. The van der Waals surface area contributed by atoms with Gasteiger partial charge in [0.25, 0.3) is 11.9 Å². The molecule has 1 heterocycles. The lowest BCUT2D eigenvalue weighted by molar-refractivity contribution is -0.147. The van der Waals surface area contributed by atoms with Crippen molar-refractivity contribution in [2.24, 2.45) is 0 Å². The van der Waals surface area contributed by atoms with E-state index in [1.54, 1.807) is 12.1 Å². The van der Waals surface area contributed by atoms with E-state index >= 15 is 0 Å². The molecular formula is C9H6FN3O3. The van der Waals surface area contributed by atoms with Gasteiger partial charge < -0.3 is 5.11 Å². The number of nitrogens with zero attached hydrogens (tertiary/aromatic N) is 3. The van der Waals surface area contributed by atoms with Crippen LogP contribution in [0.25, 0.3) is 10.9 Å². The molecule has 0 radical (unpaired) electrons. The fourth-order valence-corrected chi connectivity index (χ4v) is 1.25. The molecule has 82 valence electrons. The van der Waals surface area contributed by atoms with Crippen LogP contribution in [0.4, 0.5) is 4.39 Å². The molecule has 0 bridgehead atoms. The Labute approximate surface area is 87.9 Å². The number of alkyl halides is 1. The number of halogens is 1. The Balaban J connectivity index is 2.70. The first-order valence-corrected chi connectivity index (χ1v) is 4.32. The summed E-state index contributed by atoms with van der Waals surface area (Å²) in [7, 11) is 0. The van der Waals surface area contributed by atoms with E-state index in [9.17, 15) is 14.0 Å². The largest absolute Gasteiger partial charge is 0.478 e. The number of aliphatic carboxylic acids is 1. The molecule has 0 fully saturated rings. The SMILES string of the molecule is O=C(O)C(F)n1nnc2ccccc2c1=O. The van der Waals surface area contributed by atoms with Gasteiger partial charge in [0.05, 0.1) is 5.39 Å². The standard InChI is InChI=1S/C9H6FN3O3/c10-7(9(15)16)13-8(14)5-3-1-2-4-6(5)11-12-13/h1-4,7H,(H,15,16). The zero-order chi connectivity index (χ0) is 11.7. The molecule has 0 amide bonds. The van der Waals surface area contributed by atoms with Crippen molar-refractivity contribution in [3.63, 3.8) is 0 Å². The second-order valence-electron chi connectivity index (χ2n) is 3.03. The molecule has 0 saturated carbocycles. The number of carboxylic acid groups (broad SMARTS) is 1. The third kappa shape index (κ3) is 1.52. The molecular weight excluding hydrogens is 217 g/mol. The van der Waals surface area contributed by atoms with Crippen LogP contribution in [0, 0.1) is 0 Å². The van der Waals surface area contributed by atoms with E-state index in [2.05, 4.69) is 10.3 Å². The van der Waals surface area contributed by atoms with E-state index in [0.29, 0.717) is 5.52 Å². The number of benzene rings is 1. The second kappa shape index (κ2) is 3.69. The number of carbonyl (C=O) groups is 1. The first kappa shape index (κ1) is 10.2. The van der Waals surface area contributed by atoms with Crippen LogP contribution in [-0.4, -0.2) is 26.1 Å². The Morgan fingerprint density at radius 2 is 2.12 bits per heavy atom. The minimum Gasteiger partial charge on any atom is -0.478 e. The number of rotatable bonds is 2. The molecule has 7 heteroatoms. The Kier molecular flexibility index (Phi) is 2.35. The van der Waals surface area contributed by atoms with E-state index in [4.69, 9.17) is 5.11 Å². The molecule has 6 nitrogen and oxygen atoms in total. The van der Waals surface area contributed by atoms with Gasteiger partial charge in [0, 0.05) is 0 Å². The van der Waals surface area contributed by atoms with Gasteiger partial charge in [-0.05, 0) is 12.1 Å². The van der Waals surface area contributed by atoms with Gasteiger partial charge in [-0.15, -0.1) is 5.10 Å². The molecule has 1 aromatic heterocycles. The molecule has 0 saturated heterocycles. The van der Waals surface area contributed by atoms with Gasteiger partial charge in [-0.25, -0.2) is 9.18 Å². The predicted molar refractivity (Wildman–Crippen MR) is 51.6 cm³/mol. The first-order chi connectivity index (χ1) is 7.61. The topological polar surface area (TPSA) is 85.1 Å². The van der Waals surface area contributed by atoms with Crippen molar-refractivity contribution in [2.45, 2.75) is 6.30 Å². The van der Waals surface area contributed by atoms with Gasteiger partial charge in [0.15, 0.2) is 0 Å². The predicted octanol–water partition coefficient (Wildman–Crippen LogP) is 0.344. The van der Waals surface area contributed by atoms with Crippen LogP contribution in [-0.2, 0) is 4.79 Å². The van der Waals surface area contributed by atoms with Crippen LogP contribution >= 0.6 is 0 Å². The van der Waals surface area contributed by atoms with Crippen molar-refractivity contribution >= 4 is 16.9 Å². The molecule has 1 atom stereocenters. The van der Waals surface area contributed by atoms with E-state index in [1.165, 1.54) is 12.1 Å². The fourth-order valence-electron chi connectivity index (χ4n) is 1.25. The second-order valence-corrected chi connectivity index (χ2v) is 3.03. The summed E-state index contributed by atoms with van der Waals surface area (Å²) in [5.74, 6) is -1.79. The summed E-state index contributed by atoms with van der Waals surface area (Å²) in [6, 6.07) is 6.17. The van der Waals surface area contributed by atoms with Gasteiger partial charge in [-0.3, -0.25) is 4.79 Å². The molecule has 1 aromatic carbocycles. The summed E-state index contributed by atoms with van der Waals surface area (Å²) in [5.41, 5.74) is -0.526. The van der Waals surface area contributed by atoms with Gasteiger partial charge in [-0.2, -0.15) is 4.68 Å². The highest BCUT2D eigenvalue weighted by Crippen LogP contribution is 2.07. The maximum atomic E-state index is 13.1. The lowest BCUT2D eigenvalue weighted by atomic mass is 10.2. The summed E-state index contributed by atoms with van der Waals surface area (Å²) in [5, 5.41) is 15.3. The molecule has 0 aliphatic heterocycles. The molecule has 1 N–H and O–H groups in total. The molecule has 16 heavy (non-hydrogen) atoms. The van der Waals surface area contributed by atoms with Crippen molar-refractivity contribution in [3.05, 3.63) is 34.6 Å². The number of hydrogen-bond donors (Lipinski definition) is 1.